The highest BCUT2D eigenvalue weighted by Gasteiger charge is 2.30. The first-order chi connectivity index (χ1) is 9.38. The van der Waals surface area contributed by atoms with Crippen LogP contribution in [-0.4, -0.2) is 12.2 Å². The van der Waals surface area contributed by atoms with Crippen LogP contribution in [0.1, 0.15) is 5.56 Å². The fraction of sp³-hybridized carbons (Fsp3) is 0.143. The smallest absolute Gasteiger partial charge is 0.416 e. The number of phenolic OH excluding ortho intramolecular Hbond substituents is 1. The van der Waals surface area contributed by atoms with Crippen LogP contribution in [0.3, 0.4) is 0 Å². The molecule has 2 rings (SSSR count). The number of rotatable bonds is 3. The lowest BCUT2D eigenvalue weighted by atomic mass is 10.2. The lowest BCUT2D eigenvalue weighted by Crippen LogP contribution is -2.03. The maximum atomic E-state index is 12.4. The van der Waals surface area contributed by atoms with Crippen LogP contribution in [0.5, 0.6) is 23.0 Å². The zero-order chi connectivity index (χ0) is 14.8. The highest BCUT2D eigenvalue weighted by Crippen LogP contribution is 2.33. The van der Waals surface area contributed by atoms with E-state index in [-0.39, 0.29) is 17.2 Å². The van der Waals surface area contributed by atoms with Crippen molar-refractivity contribution in [3.63, 3.8) is 0 Å². The monoisotopic (exact) mass is 284 g/mol. The van der Waals surface area contributed by atoms with Crippen molar-refractivity contribution < 1.29 is 27.8 Å². The third-order valence-corrected chi connectivity index (χ3v) is 2.52. The molecular weight excluding hydrogens is 273 g/mol. The summed E-state index contributed by atoms with van der Waals surface area (Å²) in [5.74, 6) is 0.811. The summed E-state index contributed by atoms with van der Waals surface area (Å²) in [6, 6.07) is 8.50. The van der Waals surface area contributed by atoms with Crippen LogP contribution in [0, 0.1) is 0 Å². The summed E-state index contributed by atoms with van der Waals surface area (Å²) in [5, 5.41) is 9.45. The predicted octanol–water partition coefficient (Wildman–Crippen LogP) is 4.21. The van der Waals surface area contributed by atoms with E-state index in [0.717, 1.165) is 12.1 Å². The van der Waals surface area contributed by atoms with Gasteiger partial charge in [-0.2, -0.15) is 13.2 Å². The van der Waals surface area contributed by atoms with Crippen LogP contribution in [0.4, 0.5) is 13.2 Å². The number of alkyl halides is 3. The minimum atomic E-state index is -4.38. The first-order valence-electron chi connectivity index (χ1n) is 5.61. The van der Waals surface area contributed by atoms with Gasteiger partial charge in [0.25, 0.3) is 0 Å². The molecule has 0 saturated carbocycles. The molecule has 2 aromatic carbocycles. The van der Waals surface area contributed by atoms with Crippen molar-refractivity contribution in [2.45, 2.75) is 6.18 Å². The average molecular weight is 284 g/mol. The highest BCUT2D eigenvalue weighted by atomic mass is 19.4. The van der Waals surface area contributed by atoms with Gasteiger partial charge in [-0.1, -0.05) is 0 Å². The lowest BCUT2D eigenvalue weighted by molar-refractivity contribution is -0.137. The zero-order valence-electron chi connectivity index (χ0n) is 10.4. The first kappa shape index (κ1) is 14.0. The Labute approximate surface area is 113 Å². The Kier molecular flexibility index (Phi) is 3.74. The van der Waals surface area contributed by atoms with Gasteiger partial charge in [-0.05, 0) is 24.3 Å². The van der Waals surface area contributed by atoms with Crippen LogP contribution < -0.4 is 9.47 Å². The van der Waals surface area contributed by atoms with E-state index in [1.165, 1.54) is 37.4 Å². The normalized spacial score (nSPS) is 11.2. The number of halogens is 3. The van der Waals surface area contributed by atoms with Crippen LogP contribution >= 0.6 is 0 Å². The van der Waals surface area contributed by atoms with Gasteiger partial charge in [0.1, 0.15) is 23.0 Å². The van der Waals surface area contributed by atoms with E-state index in [9.17, 15) is 18.3 Å². The van der Waals surface area contributed by atoms with Gasteiger partial charge in [-0.3, -0.25) is 0 Å². The number of hydrogen-bond acceptors (Lipinski definition) is 3. The van der Waals surface area contributed by atoms with Crippen LogP contribution in [0.25, 0.3) is 0 Å². The van der Waals surface area contributed by atoms with E-state index in [2.05, 4.69) is 0 Å². The predicted molar refractivity (Wildman–Crippen MR) is 66.2 cm³/mol. The summed E-state index contributed by atoms with van der Waals surface area (Å²) in [7, 11) is 1.43. The molecule has 0 bridgehead atoms. The summed E-state index contributed by atoms with van der Waals surface area (Å²) >= 11 is 0. The van der Waals surface area contributed by atoms with Crippen LogP contribution in [0.2, 0.25) is 0 Å². The molecule has 0 amide bonds. The number of methoxy groups -OCH3 is 1. The molecule has 0 aliphatic heterocycles. The molecule has 0 saturated heterocycles. The second-order valence-electron chi connectivity index (χ2n) is 3.99. The molecule has 20 heavy (non-hydrogen) atoms. The van der Waals surface area contributed by atoms with Gasteiger partial charge in [0.15, 0.2) is 0 Å². The summed E-state index contributed by atoms with van der Waals surface area (Å²) < 4.78 is 47.5. The number of benzene rings is 2. The molecule has 3 nitrogen and oxygen atoms in total. The minimum Gasteiger partial charge on any atom is -0.508 e. The summed E-state index contributed by atoms with van der Waals surface area (Å²) in [6.45, 7) is 0. The lowest BCUT2D eigenvalue weighted by Gasteiger charge is -2.10. The van der Waals surface area contributed by atoms with Gasteiger partial charge >= 0.3 is 6.18 Å². The van der Waals surface area contributed by atoms with Gasteiger partial charge < -0.3 is 14.6 Å². The number of phenols is 1. The molecule has 0 fully saturated rings. The molecule has 1 N–H and O–H groups in total. The van der Waals surface area contributed by atoms with E-state index < -0.39 is 11.7 Å². The largest absolute Gasteiger partial charge is 0.508 e. The molecule has 6 heteroatoms. The topological polar surface area (TPSA) is 38.7 Å². The fourth-order valence-electron chi connectivity index (χ4n) is 1.58. The Morgan fingerprint density at radius 2 is 1.50 bits per heavy atom. The Bertz CT molecular complexity index is 592. The van der Waals surface area contributed by atoms with Gasteiger partial charge in [-0.25, -0.2) is 0 Å². The van der Waals surface area contributed by atoms with E-state index in [4.69, 9.17) is 9.47 Å². The summed E-state index contributed by atoms with van der Waals surface area (Å²) in [5.41, 5.74) is -0.752. The highest BCUT2D eigenvalue weighted by molar-refractivity contribution is 5.43. The third kappa shape index (κ3) is 3.34. The Balaban J connectivity index is 2.20. The van der Waals surface area contributed by atoms with Crippen LogP contribution in [-0.2, 0) is 6.18 Å². The maximum Gasteiger partial charge on any atom is 0.416 e. The van der Waals surface area contributed by atoms with Crippen molar-refractivity contribution in [1.29, 1.82) is 0 Å². The van der Waals surface area contributed by atoms with Crippen molar-refractivity contribution >= 4 is 0 Å². The number of hydrogen-bond donors (Lipinski definition) is 1. The van der Waals surface area contributed by atoms with Crippen molar-refractivity contribution in [2.75, 3.05) is 7.11 Å². The van der Waals surface area contributed by atoms with E-state index >= 15 is 0 Å². The SMILES string of the molecule is COc1cc(O)cc(Oc2ccc(C(F)(F)F)cc2)c1. The summed E-state index contributed by atoms with van der Waals surface area (Å²) in [4.78, 5) is 0. The van der Waals surface area contributed by atoms with E-state index in [0.29, 0.717) is 5.75 Å². The van der Waals surface area contributed by atoms with Gasteiger partial charge in [-0.15, -0.1) is 0 Å². The van der Waals surface area contributed by atoms with E-state index in [1.807, 2.05) is 0 Å². The van der Waals surface area contributed by atoms with Gasteiger partial charge in [0.2, 0.25) is 0 Å². The molecule has 2 aromatic rings. The molecule has 0 aliphatic rings. The molecule has 0 unspecified atom stereocenters. The van der Waals surface area contributed by atoms with Gasteiger partial charge in [0.05, 0.1) is 12.7 Å². The molecule has 0 aromatic heterocycles. The maximum absolute atomic E-state index is 12.4. The number of ether oxygens (including phenoxy) is 2. The average Bonchev–Trinajstić information content (AvgIpc) is 2.37. The Morgan fingerprint density at radius 3 is 2.05 bits per heavy atom. The van der Waals surface area contributed by atoms with E-state index in [1.54, 1.807) is 0 Å². The third-order valence-electron chi connectivity index (χ3n) is 2.52. The van der Waals surface area contributed by atoms with Crippen molar-refractivity contribution in [1.82, 2.24) is 0 Å². The Hall–Kier alpha value is -2.37. The second-order valence-corrected chi connectivity index (χ2v) is 3.99. The fourth-order valence-corrected chi connectivity index (χ4v) is 1.58. The molecule has 0 radical (unpaired) electrons. The molecular formula is C14H11F3O3. The Morgan fingerprint density at radius 1 is 0.900 bits per heavy atom. The molecule has 106 valence electrons. The molecule has 0 heterocycles. The minimum absolute atomic E-state index is 0.0636. The van der Waals surface area contributed by atoms with Crippen molar-refractivity contribution in [3.8, 4) is 23.0 Å². The van der Waals surface area contributed by atoms with Gasteiger partial charge in [0, 0.05) is 18.2 Å². The first-order valence-corrected chi connectivity index (χ1v) is 5.61. The zero-order valence-corrected chi connectivity index (χ0v) is 10.4. The number of aromatic hydroxyl groups is 1. The van der Waals surface area contributed by atoms with Crippen molar-refractivity contribution in [3.05, 3.63) is 48.0 Å². The standard InChI is InChI=1S/C14H11F3O3/c1-19-12-6-10(18)7-13(8-12)20-11-4-2-9(3-5-11)14(15,16)17/h2-8,18H,1H3. The van der Waals surface area contributed by atoms with Crippen molar-refractivity contribution in [2.24, 2.45) is 0 Å². The second kappa shape index (κ2) is 5.32. The quantitative estimate of drug-likeness (QED) is 0.917. The molecule has 0 spiro atoms. The van der Waals surface area contributed by atoms with Crippen LogP contribution in [0.15, 0.2) is 42.5 Å². The summed E-state index contributed by atoms with van der Waals surface area (Å²) in [6.07, 6.45) is -4.38. The molecule has 0 aliphatic carbocycles. The molecule has 0 atom stereocenters.